The highest BCUT2D eigenvalue weighted by atomic mass is 16.7. The maximum absolute atomic E-state index is 13.8. The second-order valence-corrected chi connectivity index (χ2v) is 14.3. The van der Waals surface area contributed by atoms with Gasteiger partial charge in [0.25, 0.3) is 0 Å². The summed E-state index contributed by atoms with van der Waals surface area (Å²) in [5.41, 5.74) is 0.511. The Kier molecular flexibility index (Phi) is 14.6. The third kappa shape index (κ3) is 11.9. The van der Waals surface area contributed by atoms with E-state index >= 15 is 0 Å². The zero-order valence-electron chi connectivity index (χ0n) is 28.4. The number of ether oxygens (including phenoxy) is 2. The molecule has 0 spiro atoms. The topological polar surface area (TPSA) is 117 Å². The molecule has 1 aromatic carbocycles. The predicted molar refractivity (Wildman–Crippen MR) is 177 cm³/mol. The molecule has 2 fully saturated rings. The normalized spacial score (nSPS) is 23.1. The highest BCUT2D eigenvalue weighted by Gasteiger charge is 2.46. The molecular formula is C36H59N3O6. The summed E-state index contributed by atoms with van der Waals surface area (Å²) in [4.78, 5) is 41.5. The zero-order chi connectivity index (χ0) is 32.9. The summed E-state index contributed by atoms with van der Waals surface area (Å²) in [6, 6.07) is 9.58. The van der Waals surface area contributed by atoms with Crippen LogP contribution in [0.4, 0.5) is 4.79 Å². The van der Waals surface area contributed by atoms with Gasteiger partial charge in [-0.15, -0.1) is 0 Å². The molecule has 0 bridgehead atoms. The summed E-state index contributed by atoms with van der Waals surface area (Å²) < 4.78 is 11.7. The lowest BCUT2D eigenvalue weighted by Crippen LogP contribution is -2.57. The van der Waals surface area contributed by atoms with E-state index in [1.54, 1.807) is 13.8 Å². The summed E-state index contributed by atoms with van der Waals surface area (Å²) in [5.74, 6) is -3.32. The quantitative estimate of drug-likeness (QED) is 0.162. The second-order valence-electron chi connectivity index (χ2n) is 14.3. The van der Waals surface area contributed by atoms with Gasteiger partial charge in [0.2, 0.25) is 5.91 Å². The molecule has 0 aromatic heterocycles. The molecule has 1 aliphatic heterocycles. The van der Waals surface area contributed by atoms with Crippen molar-refractivity contribution < 1.29 is 29.0 Å². The van der Waals surface area contributed by atoms with Gasteiger partial charge in [-0.2, -0.15) is 0 Å². The molecule has 254 valence electrons. The Bertz CT molecular complexity index is 1060. The average molecular weight is 630 g/mol. The number of hydrogen-bond donors (Lipinski definition) is 3. The maximum atomic E-state index is 13.8. The Morgan fingerprint density at radius 2 is 1.60 bits per heavy atom. The molecule has 0 radical (unpaired) electrons. The smallest absolute Gasteiger partial charge is 0.317 e. The van der Waals surface area contributed by atoms with Crippen molar-refractivity contribution >= 4 is 17.9 Å². The van der Waals surface area contributed by atoms with E-state index in [1.165, 1.54) is 38.5 Å². The van der Waals surface area contributed by atoms with Gasteiger partial charge in [-0.3, -0.25) is 9.59 Å². The molecule has 1 saturated heterocycles. The van der Waals surface area contributed by atoms with Crippen LogP contribution in [0, 0.1) is 17.3 Å². The second kappa shape index (κ2) is 17.9. The fourth-order valence-corrected chi connectivity index (χ4v) is 6.61. The van der Waals surface area contributed by atoms with Crippen molar-refractivity contribution in [3.05, 3.63) is 35.9 Å². The largest absolute Gasteiger partial charge is 0.481 e. The Hall–Kier alpha value is -2.65. The fourth-order valence-electron chi connectivity index (χ4n) is 6.61. The number of nitrogens with one attached hydrogen (secondary N) is 2. The number of rotatable bonds is 17. The first kappa shape index (κ1) is 36.8. The van der Waals surface area contributed by atoms with Gasteiger partial charge < -0.3 is 30.1 Å². The Labute approximate surface area is 271 Å². The first-order valence-corrected chi connectivity index (χ1v) is 17.3. The van der Waals surface area contributed by atoms with Gasteiger partial charge in [0.05, 0.1) is 12.5 Å². The van der Waals surface area contributed by atoms with Crippen LogP contribution in [0.3, 0.4) is 0 Å². The summed E-state index contributed by atoms with van der Waals surface area (Å²) in [5, 5.41) is 16.4. The number of aliphatic carboxylic acids is 1. The van der Waals surface area contributed by atoms with E-state index in [4.69, 9.17) is 9.47 Å². The lowest BCUT2D eigenvalue weighted by molar-refractivity contribution is -0.304. The van der Waals surface area contributed by atoms with Crippen molar-refractivity contribution in [2.45, 2.75) is 136 Å². The number of urea groups is 1. The minimum Gasteiger partial charge on any atom is -0.481 e. The van der Waals surface area contributed by atoms with Crippen LogP contribution in [-0.4, -0.2) is 65.5 Å². The van der Waals surface area contributed by atoms with Crippen LogP contribution in [0.25, 0.3) is 0 Å². The van der Waals surface area contributed by atoms with Gasteiger partial charge in [0.1, 0.15) is 6.10 Å². The van der Waals surface area contributed by atoms with Crippen LogP contribution in [-0.2, 0) is 25.6 Å². The number of benzene rings is 1. The molecule has 9 nitrogen and oxygen atoms in total. The molecule has 1 aromatic rings. The molecule has 4 unspecified atom stereocenters. The van der Waals surface area contributed by atoms with Gasteiger partial charge in [-0.1, -0.05) is 109 Å². The predicted octanol–water partition coefficient (Wildman–Crippen LogP) is 6.89. The van der Waals surface area contributed by atoms with Crippen molar-refractivity contribution in [2.75, 3.05) is 19.7 Å². The lowest BCUT2D eigenvalue weighted by atomic mass is 9.76. The molecule has 3 amide bonds. The van der Waals surface area contributed by atoms with Crippen molar-refractivity contribution in [1.29, 1.82) is 0 Å². The molecular weight excluding hydrogens is 570 g/mol. The van der Waals surface area contributed by atoms with E-state index < -0.39 is 29.2 Å². The number of amides is 3. The van der Waals surface area contributed by atoms with Gasteiger partial charge in [-0.25, -0.2) is 4.79 Å². The van der Waals surface area contributed by atoms with Gasteiger partial charge >= 0.3 is 12.0 Å². The average Bonchev–Trinajstić information content (AvgIpc) is 3.00. The number of nitrogens with zero attached hydrogens (tertiary/aromatic N) is 1. The Morgan fingerprint density at radius 3 is 2.27 bits per heavy atom. The minimum absolute atomic E-state index is 0.0194. The molecule has 1 aliphatic carbocycles. The van der Waals surface area contributed by atoms with Crippen molar-refractivity contribution in [2.24, 2.45) is 17.3 Å². The monoisotopic (exact) mass is 629 g/mol. The molecule has 45 heavy (non-hydrogen) atoms. The molecule has 4 atom stereocenters. The minimum atomic E-state index is -0.964. The van der Waals surface area contributed by atoms with Crippen LogP contribution in [0.5, 0.6) is 0 Å². The SMILES string of the molecule is CCCCCCCCCCN(Cc1ccccc1)C(=O)NC1CCCCC1C(CNC(=O)C1OC(C)(C)OCC1(C)C)C(=O)O. The number of unbranched alkanes of at least 4 members (excludes halogenated alkanes) is 7. The highest BCUT2D eigenvalue weighted by Crippen LogP contribution is 2.35. The van der Waals surface area contributed by atoms with E-state index in [-0.39, 0.29) is 30.4 Å². The van der Waals surface area contributed by atoms with Crippen LogP contribution in [0.2, 0.25) is 0 Å². The summed E-state index contributed by atoms with van der Waals surface area (Å²) in [6.07, 6.45) is 12.0. The van der Waals surface area contributed by atoms with Crippen LogP contribution < -0.4 is 10.6 Å². The van der Waals surface area contributed by atoms with Crippen molar-refractivity contribution in [3.8, 4) is 0 Å². The van der Waals surface area contributed by atoms with E-state index in [9.17, 15) is 19.5 Å². The third-order valence-electron chi connectivity index (χ3n) is 9.38. The van der Waals surface area contributed by atoms with Gasteiger partial charge in [-0.05, 0) is 44.6 Å². The number of carbonyl (C=O) groups excluding carboxylic acids is 2. The molecule has 9 heteroatoms. The van der Waals surface area contributed by atoms with Gasteiger partial charge in [0, 0.05) is 31.1 Å². The highest BCUT2D eigenvalue weighted by molar-refractivity contribution is 5.82. The Morgan fingerprint density at radius 1 is 0.956 bits per heavy atom. The number of carboxylic acids is 1. The summed E-state index contributed by atoms with van der Waals surface area (Å²) in [7, 11) is 0. The van der Waals surface area contributed by atoms with E-state index in [2.05, 4.69) is 17.6 Å². The third-order valence-corrected chi connectivity index (χ3v) is 9.38. The zero-order valence-corrected chi connectivity index (χ0v) is 28.4. The molecule has 1 saturated carbocycles. The fraction of sp³-hybridized carbons (Fsp3) is 0.750. The van der Waals surface area contributed by atoms with Crippen LogP contribution in [0.1, 0.15) is 117 Å². The van der Waals surface area contributed by atoms with E-state index in [0.717, 1.165) is 37.7 Å². The number of carboxylic acid groups (broad SMARTS) is 1. The van der Waals surface area contributed by atoms with Crippen LogP contribution >= 0.6 is 0 Å². The number of carbonyl (C=O) groups is 3. The molecule has 3 N–H and O–H groups in total. The molecule has 3 rings (SSSR count). The molecule has 2 aliphatic rings. The van der Waals surface area contributed by atoms with E-state index in [0.29, 0.717) is 26.1 Å². The molecule has 1 heterocycles. The first-order chi connectivity index (χ1) is 21.4. The summed E-state index contributed by atoms with van der Waals surface area (Å²) in [6.45, 7) is 11.1. The van der Waals surface area contributed by atoms with Crippen LogP contribution in [0.15, 0.2) is 30.3 Å². The lowest BCUT2D eigenvalue weighted by Gasteiger charge is -2.45. The van der Waals surface area contributed by atoms with Gasteiger partial charge in [0.15, 0.2) is 5.79 Å². The standard InChI is InChI=1S/C36H59N3O6/c1-6-7-8-9-10-11-12-18-23-39(25-27-19-14-13-15-20-27)34(43)38-30-22-17-16-21-28(30)29(33(41)42)24-37-32(40)31-35(2,3)26-44-36(4,5)45-31/h13-15,19-20,28-31H,6-12,16-18,21-26H2,1-5H3,(H,37,40)(H,38,43)(H,41,42). The van der Waals surface area contributed by atoms with Crippen molar-refractivity contribution in [3.63, 3.8) is 0 Å². The Balaban J connectivity index is 1.63. The number of hydrogen-bond acceptors (Lipinski definition) is 5. The van der Waals surface area contributed by atoms with E-state index in [1.807, 2.05) is 49.1 Å². The first-order valence-electron chi connectivity index (χ1n) is 17.3. The summed E-state index contributed by atoms with van der Waals surface area (Å²) >= 11 is 0. The maximum Gasteiger partial charge on any atom is 0.317 e. The van der Waals surface area contributed by atoms with Crippen molar-refractivity contribution in [1.82, 2.24) is 15.5 Å².